The number of hydrogen-bond acceptors (Lipinski definition) is 3. The van der Waals surface area contributed by atoms with Gasteiger partial charge in [0.05, 0.1) is 5.52 Å². The largest absolute Gasteiger partial charge is 0.316 e. The van der Waals surface area contributed by atoms with E-state index in [4.69, 9.17) is 0 Å². The van der Waals surface area contributed by atoms with Gasteiger partial charge in [0.15, 0.2) is 0 Å². The van der Waals surface area contributed by atoms with E-state index in [0.29, 0.717) is 6.04 Å². The first-order valence-electron chi connectivity index (χ1n) is 7.60. The number of fused-ring (bicyclic) bond motifs is 2. The van der Waals surface area contributed by atoms with Crippen LogP contribution < -0.4 is 5.32 Å². The van der Waals surface area contributed by atoms with Crippen LogP contribution in [0.15, 0.2) is 36.5 Å². The summed E-state index contributed by atoms with van der Waals surface area (Å²) in [5.41, 5.74) is 2.52. The molecule has 0 aliphatic carbocycles. The molecule has 0 bridgehead atoms. The van der Waals surface area contributed by atoms with Crippen LogP contribution in [0, 0.1) is 11.8 Å². The zero-order chi connectivity index (χ0) is 13.5. The Morgan fingerprint density at radius 1 is 1.25 bits per heavy atom. The van der Waals surface area contributed by atoms with Gasteiger partial charge in [-0.2, -0.15) is 0 Å². The predicted octanol–water partition coefficient (Wildman–Crippen LogP) is 2.27. The van der Waals surface area contributed by atoms with Crippen molar-refractivity contribution < 1.29 is 0 Å². The molecule has 3 heteroatoms. The van der Waals surface area contributed by atoms with Crippen LogP contribution in [0.25, 0.3) is 10.9 Å². The highest BCUT2D eigenvalue weighted by molar-refractivity contribution is 5.81. The molecule has 0 amide bonds. The van der Waals surface area contributed by atoms with Crippen molar-refractivity contribution in [2.45, 2.75) is 19.5 Å². The molecule has 3 nitrogen and oxygen atoms in total. The van der Waals surface area contributed by atoms with E-state index >= 15 is 0 Å². The summed E-state index contributed by atoms with van der Waals surface area (Å²) in [6, 6.07) is 11.3. The van der Waals surface area contributed by atoms with Crippen molar-refractivity contribution in [3.05, 3.63) is 42.1 Å². The number of likely N-dealkylation sites (tertiary alicyclic amines) is 1. The Morgan fingerprint density at radius 2 is 2.15 bits per heavy atom. The van der Waals surface area contributed by atoms with Gasteiger partial charge < -0.3 is 5.32 Å². The lowest BCUT2D eigenvalue weighted by molar-refractivity contribution is 0.232. The summed E-state index contributed by atoms with van der Waals surface area (Å²) >= 11 is 0. The fourth-order valence-corrected chi connectivity index (χ4v) is 3.98. The Labute approximate surface area is 120 Å². The minimum atomic E-state index is 0.682. The van der Waals surface area contributed by atoms with Crippen LogP contribution in [0.5, 0.6) is 0 Å². The van der Waals surface area contributed by atoms with Gasteiger partial charge in [-0.3, -0.25) is 9.88 Å². The molecular formula is C17H21N3. The maximum atomic E-state index is 4.46. The summed E-state index contributed by atoms with van der Waals surface area (Å²) < 4.78 is 0. The zero-order valence-electron chi connectivity index (χ0n) is 11.9. The van der Waals surface area contributed by atoms with Crippen molar-refractivity contribution in [2.75, 3.05) is 19.6 Å². The lowest BCUT2D eigenvalue weighted by Gasteiger charge is -2.24. The number of nitrogens with zero attached hydrogens (tertiary/aromatic N) is 2. The Morgan fingerprint density at radius 3 is 3.05 bits per heavy atom. The van der Waals surface area contributed by atoms with Crippen molar-refractivity contribution in [3.8, 4) is 0 Å². The summed E-state index contributed by atoms with van der Waals surface area (Å²) in [5.74, 6) is 1.68. The molecule has 3 unspecified atom stereocenters. The lowest BCUT2D eigenvalue weighted by atomic mass is 9.95. The first-order valence-corrected chi connectivity index (χ1v) is 7.60. The second-order valence-electron chi connectivity index (χ2n) is 6.24. The molecule has 3 atom stereocenters. The molecule has 2 aliphatic heterocycles. The fourth-order valence-electron chi connectivity index (χ4n) is 3.98. The maximum absolute atomic E-state index is 4.46. The topological polar surface area (TPSA) is 28.2 Å². The van der Waals surface area contributed by atoms with Gasteiger partial charge in [-0.15, -0.1) is 0 Å². The highest BCUT2D eigenvalue weighted by Gasteiger charge is 2.41. The van der Waals surface area contributed by atoms with E-state index in [0.717, 1.165) is 23.9 Å². The van der Waals surface area contributed by atoms with Gasteiger partial charge in [-0.05, 0) is 49.5 Å². The Balaban J connectivity index is 1.62. The summed E-state index contributed by atoms with van der Waals surface area (Å²) in [7, 11) is 0. The van der Waals surface area contributed by atoms with Crippen LogP contribution >= 0.6 is 0 Å². The number of pyridine rings is 1. The second-order valence-corrected chi connectivity index (χ2v) is 6.24. The van der Waals surface area contributed by atoms with E-state index in [2.05, 4.69) is 52.5 Å². The minimum absolute atomic E-state index is 0.682. The van der Waals surface area contributed by atoms with Gasteiger partial charge in [-0.25, -0.2) is 0 Å². The molecule has 0 saturated carbocycles. The minimum Gasteiger partial charge on any atom is -0.316 e. The summed E-state index contributed by atoms with van der Waals surface area (Å²) in [5, 5.41) is 4.84. The summed E-state index contributed by atoms with van der Waals surface area (Å²) in [4.78, 5) is 7.11. The van der Waals surface area contributed by atoms with Gasteiger partial charge in [0.1, 0.15) is 0 Å². The monoisotopic (exact) mass is 267 g/mol. The van der Waals surface area contributed by atoms with E-state index in [9.17, 15) is 0 Å². The first kappa shape index (κ1) is 12.3. The molecule has 1 aromatic heterocycles. The SMILES string of the molecule is CC1C2CNCC2CN1Cc1ccnc2ccccc12. The molecular weight excluding hydrogens is 246 g/mol. The molecule has 104 valence electrons. The molecule has 1 N–H and O–H groups in total. The smallest absolute Gasteiger partial charge is 0.0705 e. The fraction of sp³-hybridized carbons (Fsp3) is 0.471. The number of hydrogen-bond donors (Lipinski definition) is 1. The molecule has 1 aromatic carbocycles. The normalized spacial score (nSPS) is 29.9. The van der Waals surface area contributed by atoms with Crippen LogP contribution in [0.2, 0.25) is 0 Å². The van der Waals surface area contributed by atoms with Crippen molar-refractivity contribution in [3.63, 3.8) is 0 Å². The highest BCUT2D eigenvalue weighted by atomic mass is 15.2. The summed E-state index contributed by atoms with van der Waals surface area (Å²) in [6.07, 6.45) is 1.95. The van der Waals surface area contributed by atoms with Crippen LogP contribution in [0.1, 0.15) is 12.5 Å². The third-order valence-electron chi connectivity index (χ3n) is 5.17. The highest BCUT2D eigenvalue weighted by Crippen LogP contribution is 2.33. The Kier molecular flexibility index (Phi) is 2.97. The van der Waals surface area contributed by atoms with Gasteiger partial charge >= 0.3 is 0 Å². The van der Waals surface area contributed by atoms with E-state index < -0.39 is 0 Å². The predicted molar refractivity (Wildman–Crippen MR) is 81.5 cm³/mol. The molecule has 20 heavy (non-hydrogen) atoms. The molecule has 2 saturated heterocycles. The number of rotatable bonds is 2. The van der Waals surface area contributed by atoms with Gasteiger partial charge in [0.2, 0.25) is 0 Å². The van der Waals surface area contributed by atoms with Crippen molar-refractivity contribution in [1.82, 2.24) is 15.2 Å². The average Bonchev–Trinajstić information content (AvgIpc) is 3.04. The van der Waals surface area contributed by atoms with Crippen molar-refractivity contribution >= 4 is 10.9 Å². The van der Waals surface area contributed by atoms with Crippen molar-refractivity contribution in [1.29, 1.82) is 0 Å². The van der Waals surface area contributed by atoms with Gasteiger partial charge in [0.25, 0.3) is 0 Å². The maximum Gasteiger partial charge on any atom is 0.0705 e. The molecule has 3 heterocycles. The average molecular weight is 267 g/mol. The zero-order valence-corrected chi connectivity index (χ0v) is 11.9. The summed E-state index contributed by atoms with van der Waals surface area (Å²) in [6.45, 7) is 7.07. The Bertz CT molecular complexity index is 619. The first-order chi connectivity index (χ1) is 9.83. The quantitative estimate of drug-likeness (QED) is 0.905. The molecule has 2 aromatic rings. The molecule has 4 rings (SSSR count). The molecule has 0 spiro atoms. The Hall–Kier alpha value is -1.45. The van der Waals surface area contributed by atoms with E-state index in [1.165, 1.54) is 30.6 Å². The second kappa shape index (κ2) is 4.83. The third kappa shape index (κ3) is 1.93. The van der Waals surface area contributed by atoms with Crippen LogP contribution in [-0.2, 0) is 6.54 Å². The number of para-hydroxylation sites is 1. The number of aromatic nitrogens is 1. The van der Waals surface area contributed by atoms with E-state index in [1.807, 2.05) is 6.20 Å². The molecule has 2 aliphatic rings. The lowest BCUT2D eigenvalue weighted by Crippen LogP contribution is -2.32. The van der Waals surface area contributed by atoms with Crippen molar-refractivity contribution in [2.24, 2.45) is 11.8 Å². The molecule has 2 fully saturated rings. The molecule has 0 radical (unpaired) electrons. The number of benzene rings is 1. The standard InChI is InChI=1S/C17H21N3/c1-12-16-9-18-8-14(16)11-20(12)10-13-6-7-19-17-5-3-2-4-15(13)17/h2-7,12,14,16,18H,8-11H2,1H3. The van der Waals surface area contributed by atoms with E-state index in [-0.39, 0.29) is 0 Å². The van der Waals surface area contributed by atoms with Crippen LogP contribution in [0.4, 0.5) is 0 Å². The van der Waals surface area contributed by atoms with Crippen LogP contribution in [-0.4, -0.2) is 35.6 Å². The number of nitrogens with one attached hydrogen (secondary N) is 1. The third-order valence-corrected chi connectivity index (χ3v) is 5.17. The van der Waals surface area contributed by atoms with Gasteiger partial charge in [0, 0.05) is 30.7 Å². The van der Waals surface area contributed by atoms with Crippen LogP contribution in [0.3, 0.4) is 0 Å². The van der Waals surface area contributed by atoms with E-state index in [1.54, 1.807) is 0 Å². The van der Waals surface area contributed by atoms with Gasteiger partial charge in [-0.1, -0.05) is 18.2 Å².